The third-order valence-electron chi connectivity index (χ3n) is 3.56. The molecule has 21 heavy (non-hydrogen) atoms. The van der Waals surface area contributed by atoms with Gasteiger partial charge < -0.3 is 19.7 Å². The Morgan fingerprint density at radius 2 is 2.00 bits per heavy atom. The highest BCUT2D eigenvalue weighted by molar-refractivity contribution is 5.90. The maximum absolute atomic E-state index is 12.2. The lowest BCUT2D eigenvalue weighted by Crippen LogP contribution is -2.34. The van der Waals surface area contributed by atoms with Gasteiger partial charge in [-0.25, -0.2) is 4.79 Å². The van der Waals surface area contributed by atoms with Gasteiger partial charge in [-0.15, -0.1) is 0 Å². The van der Waals surface area contributed by atoms with E-state index in [1.807, 2.05) is 24.3 Å². The Bertz CT molecular complexity index is 470. The van der Waals surface area contributed by atoms with Crippen LogP contribution in [0.1, 0.15) is 31.7 Å². The number of nitrogens with one attached hydrogen (secondary N) is 1. The van der Waals surface area contributed by atoms with E-state index in [0.29, 0.717) is 32.1 Å². The molecule has 2 amide bonds. The van der Waals surface area contributed by atoms with Gasteiger partial charge in [-0.1, -0.05) is 32.0 Å². The maximum atomic E-state index is 12.2. The number of amides is 2. The summed E-state index contributed by atoms with van der Waals surface area (Å²) in [5, 5.41) is 2.97. The van der Waals surface area contributed by atoms with Crippen molar-refractivity contribution in [1.29, 1.82) is 0 Å². The number of nitrogens with zero attached hydrogens (tertiary/aromatic N) is 1. The van der Waals surface area contributed by atoms with E-state index in [4.69, 9.17) is 9.47 Å². The Morgan fingerprint density at radius 1 is 1.33 bits per heavy atom. The lowest BCUT2D eigenvalue weighted by molar-refractivity contribution is -0.0488. The molecule has 2 rings (SSSR count). The van der Waals surface area contributed by atoms with Crippen LogP contribution in [-0.4, -0.2) is 44.0 Å². The van der Waals surface area contributed by atoms with Crippen molar-refractivity contribution in [3.05, 3.63) is 29.8 Å². The minimum Gasteiger partial charge on any atom is -0.350 e. The summed E-state index contributed by atoms with van der Waals surface area (Å²) in [7, 11) is 1.78. The molecule has 0 unspecified atom stereocenters. The Labute approximate surface area is 126 Å². The van der Waals surface area contributed by atoms with E-state index in [2.05, 4.69) is 19.2 Å². The van der Waals surface area contributed by atoms with Gasteiger partial charge in [0.2, 0.25) is 0 Å². The smallest absolute Gasteiger partial charge is 0.321 e. The van der Waals surface area contributed by atoms with E-state index < -0.39 is 0 Å². The molecule has 1 heterocycles. The van der Waals surface area contributed by atoms with Gasteiger partial charge in [-0.2, -0.15) is 0 Å². The Hall–Kier alpha value is -1.59. The Morgan fingerprint density at radius 3 is 2.67 bits per heavy atom. The molecule has 5 nitrogen and oxygen atoms in total. The van der Waals surface area contributed by atoms with Crippen LogP contribution >= 0.6 is 0 Å². The number of carbonyl (C=O) groups is 1. The molecule has 0 atom stereocenters. The number of hydrogen-bond acceptors (Lipinski definition) is 3. The van der Waals surface area contributed by atoms with Gasteiger partial charge in [0.15, 0.2) is 6.29 Å². The Balaban J connectivity index is 1.88. The molecule has 0 aliphatic carbocycles. The van der Waals surface area contributed by atoms with Crippen LogP contribution in [0.25, 0.3) is 0 Å². The molecule has 1 aromatic rings. The monoisotopic (exact) mass is 292 g/mol. The van der Waals surface area contributed by atoms with Crippen LogP contribution in [-0.2, 0) is 9.47 Å². The zero-order chi connectivity index (χ0) is 15.2. The minimum absolute atomic E-state index is 0.110. The van der Waals surface area contributed by atoms with Gasteiger partial charge in [-0.05, 0) is 17.5 Å². The van der Waals surface area contributed by atoms with E-state index in [1.54, 1.807) is 11.9 Å². The molecule has 1 aliphatic heterocycles. The third kappa shape index (κ3) is 4.44. The van der Waals surface area contributed by atoms with Crippen LogP contribution in [0.4, 0.5) is 10.5 Å². The van der Waals surface area contributed by atoms with Gasteiger partial charge in [0.1, 0.15) is 0 Å². The van der Waals surface area contributed by atoms with Gasteiger partial charge >= 0.3 is 6.03 Å². The SMILES string of the molecule is CC(C)c1ccccc1NC(=O)N(C)CCC1OCCO1. The predicted molar refractivity (Wildman–Crippen MR) is 82.5 cm³/mol. The first-order valence-corrected chi connectivity index (χ1v) is 7.42. The fraction of sp³-hybridized carbons (Fsp3) is 0.562. The van der Waals surface area contributed by atoms with E-state index in [1.165, 1.54) is 0 Å². The maximum Gasteiger partial charge on any atom is 0.321 e. The molecule has 1 aromatic carbocycles. The molecule has 0 bridgehead atoms. The number of hydrogen-bond donors (Lipinski definition) is 1. The zero-order valence-electron chi connectivity index (χ0n) is 13.0. The molecule has 0 radical (unpaired) electrons. The Kier molecular flexibility index (Phi) is 5.59. The predicted octanol–water partition coefficient (Wildman–Crippen LogP) is 3.04. The summed E-state index contributed by atoms with van der Waals surface area (Å²) >= 11 is 0. The van der Waals surface area contributed by atoms with Gasteiger partial charge in [0.25, 0.3) is 0 Å². The number of ether oxygens (including phenoxy) is 2. The van der Waals surface area contributed by atoms with Crippen molar-refractivity contribution in [1.82, 2.24) is 4.90 Å². The molecule has 1 N–H and O–H groups in total. The molecule has 1 fully saturated rings. The molecule has 1 aliphatic rings. The highest BCUT2D eigenvalue weighted by atomic mass is 16.7. The van der Waals surface area contributed by atoms with Crippen molar-refractivity contribution in [3.63, 3.8) is 0 Å². The largest absolute Gasteiger partial charge is 0.350 e. The summed E-state index contributed by atoms with van der Waals surface area (Å²) in [6.07, 6.45) is 0.513. The highest BCUT2D eigenvalue weighted by Gasteiger charge is 2.18. The average Bonchev–Trinajstić information content (AvgIpc) is 2.98. The van der Waals surface area contributed by atoms with Crippen molar-refractivity contribution in [2.45, 2.75) is 32.5 Å². The quantitative estimate of drug-likeness (QED) is 0.907. The summed E-state index contributed by atoms with van der Waals surface area (Å²) < 4.78 is 10.7. The van der Waals surface area contributed by atoms with E-state index in [9.17, 15) is 4.79 Å². The van der Waals surface area contributed by atoms with Gasteiger partial charge in [0, 0.05) is 25.7 Å². The van der Waals surface area contributed by atoms with E-state index in [0.717, 1.165) is 11.3 Å². The molecular formula is C16H24N2O3. The molecule has 5 heteroatoms. The second-order valence-corrected chi connectivity index (χ2v) is 5.55. The number of urea groups is 1. The van der Waals surface area contributed by atoms with Crippen LogP contribution in [0.5, 0.6) is 0 Å². The van der Waals surface area contributed by atoms with Crippen LogP contribution in [0.3, 0.4) is 0 Å². The number of anilines is 1. The third-order valence-corrected chi connectivity index (χ3v) is 3.56. The van der Waals surface area contributed by atoms with Crippen LogP contribution in [0.15, 0.2) is 24.3 Å². The standard InChI is InChI=1S/C16H24N2O3/c1-12(2)13-6-4-5-7-14(13)17-16(19)18(3)9-8-15-20-10-11-21-15/h4-7,12,15H,8-11H2,1-3H3,(H,17,19). The normalized spacial score (nSPS) is 15.4. The first-order chi connectivity index (χ1) is 10.1. The molecule has 1 saturated heterocycles. The fourth-order valence-corrected chi connectivity index (χ4v) is 2.30. The lowest BCUT2D eigenvalue weighted by Gasteiger charge is -2.21. The van der Waals surface area contributed by atoms with Crippen molar-refractivity contribution in [3.8, 4) is 0 Å². The summed E-state index contributed by atoms with van der Waals surface area (Å²) in [5.41, 5.74) is 2.01. The topological polar surface area (TPSA) is 50.8 Å². The molecule has 0 aromatic heterocycles. The first-order valence-electron chi connectivity index (χ1n) is 7.42. The molecule has 0 saturated carbocycles. The lowest BCUT2D eigenvalue weighted by atomic mass is 10.0. The van der Waals surface area contributed by atoms with E-state index in [-0.39, 0.29) is 12.3 Å². The summed E-state index contributed by atoms with van der Waals surface area (Å²) in [6, 6.07) is 7.79. The van der Waals surface area contributed by atoms with Crippen molar-refractivity contribution < 1.29 is 14.3 Å². The van der Waals surface area contributed by atoms with Crippen molar-refractivity contribution in [2.75, 3.05) is 32.1 Å². The molecule has 0 spiro atoms. The van der Waals surface area contributed by atoms with Gasteiger partial charge in [0.05, 0.1) is 13.2 Å². The highest BCUT2D eigenvalue weighted by Crippen LogP contribution is 2.23. The summed E-state index contributed by atoms with van der Waals surface area (Å²) in [6.45, 7) is 6.11. The molecular weight excluding hydrogens is 268 g/mol. The van der Waals surface area contributed by atoms with Crippen LogP contribution in [0.2, 0.25) is 0 Å². The summed E-state index contributed by atoms with van der Waals surface area (Å²) in [4.78, 5) is 13.9. The van der Waals surface area contributed by atoms with Crippen molar-refractivity contribution >= 4 is 11.7 Å². The number of carbonyl (C=O) groups excluding carboxylic acids is 1. The minimum atomic E-state index is -0.178. The van der Waals surface area contributed by atoms with Crippen molar-refractivity contribution in [2.24, 2.45) is 0 Å². The average molecular weight is 292 g/mol. The number of para-hydroxylation sites is 1. The van der Waals surface area contributed by atoms with E-state index >= 15 is 0 Å². The first kappa shape index (κ1) is 15.8. The number of rotatable bonds is 5. The second-order valence-electron chi connectivity index (χ2n) is 5.55. The molecule has 116 valence electrons. The van der Waals surface area contributed by atoms with Crippen LogP contribution in [0, 0.1) is 0 Å². The fourth-order valence-electron chi connectivity index (χ4n) is 2.30. The number of benzene rings is 1. The zero-order valence-corrected chi connectivity index (χ0v) is 13.0. The van der Waals surface area contributed by atoms with Crippen LogP contribution < -0.4 is 5.32 Å². The van der Waals surface area contributed by atoms with Gasteiger partial charge in [-0.3, -0.25) is 0 Å². The second kappa shape index (κ2) is 7.43. The summed E-state index contributed by atoms with van der Waals surface area (Å²) in [5.74, 6) is 0.368.